The number of rotatable bonds is 3. The van der Waals surface area contributed by atoms with Crippen LogP contribution in [0.1, 0.15) is 12.0 Å². The summed E-state index contributed by atoms with van der Waals surface area (Å²) in [6.07, 6.45) is 1.52. The highest BCUT2D eigenvalue weighted by Crippen LogP contribution is 2.17. The minimum atomic E-state index is 0. The van der Waals surface area contributed by atoms with Crippen molar-refractivity contribution in [2.45, 2.75) is 18.9 Å². The van der Waals surface area contributed by atoms with Crippen LogP contribution in [0.4, 0.5) is 0 Å². The molecule has 0 radical (unpaired) electrons. The lowest BCUT2D eigenvalue weighted by atomic mass is 10.1. The van der Waals surface area contributed by atoms with E-state index in [0.29, 0.717) is 12.5 Å². The van der Waals surface area contributed by atoms with Crippen LogP contribution < -0.4 is 5.32 Å². The second-order valence-corrected chi connectivity index (χ2v) is 5.27. The molecule has 1 saturated heterocycles. The lowest BCUT2D eigenvalue weighted by Gasteiger charge is -2.24. The van der Waals surface area contributed by atoms with Crippen LogP contribution in [-0.2, 0) is 11.2 Å². The second kappa shape index (κ2) is 7.12. The van der Waals surface area contributed by atoms with Crippen LogP contribution in [0, 0.1) is 0 Å². The third kappa shape index (κ3) is 3.70. The SMILES string of the molecule is CN(C(=O)Cc1ccccc1Br)C1CCNC1.Cl. The Morgan fingerprint density at radius 3 is 2.83 bits per heavy atom. The molecule has 0 spiro atoms. The van der Waals surface area contributed by atoms with Crippen molar-refractivity contribution in [1.29, 1.82) is 0 Å². The smallest absolute Gasteiger partial charge is 0.227 e. The standard InChI is InChI=1S/C13H17BrN2O.ClH/c1-16(11-6-7-15-9-11)13(17)8-10-4-2-3-5-12(10)14;/h2-5,11,15H,6-9H2,1H3;1H. The summed E-state index contributed by atoms with van der Waals surface area (Å²) in [7, 11) is 1.90. The van der Waals surface area contributed by atoms with Crippen molar-refractivity contribution in [1.82, 2.24) is 10.2 Å². The predicted molar refractivity (Wildman–Crippen MR) is 79.1 cm³/mol. The number of nitrogens with one attached hydrogen (secondary N) is 1. The van der Waals surface area contributed by atoms with Crippen molar-refractivity contribution in [3.8, 4) is 0 Å². The average Bonchev–Trinajstić information content (AvgIpc) is 2.84. The Balaban J connectivity index is 0.00000162. The van der Waals surface area contributed by atoms with E-state index in [-0.39, 0.29) is 18.3 Å². The number of carbonyl (C=O) groups is 1. The highest BCUT2D eigenvalue weighted by molar-refractivity contribution is 9.10. The Labute approximate surface area is 122 Å². The van der Waals surface area contributed by atoms with Gasteiger partial charge in [-0.25, -0.2) is 0 Å². The molecule has 5 heteroatoms. The Hall–Kier alpha value is -0.580. The number of amides is 1. The van der Waals surface area contributed by atoms with Gasteiger partial charge in [0.1, 0.15) is 0 Å². The van der Waals surface area contributed by atoms with Crippen LogP contribution in [0.25, 0.3) is 0 Å². The molecule has 1 unspecified atom stereocenters. The molecule has 1 atom stereocenters. The number of halogens is 2. The van der Waals surface area contributed by atoms with E-state index >= 15 is 0 Å². The van der Waals surface area contributed by atoms with Crippen LogP contribution in [0.5, 0.6) is 0 Å². The largest absolute Gasteiger partial charge is 0.341 e. The second-order valence-electron chi connectivity index (χ2n) is 4.42. The van der Waals surface area contributed by atoms with Gasteiger partial charge in [-0.15, -0.1) is 12.4 Å². The van der Waals surface area contributed by atoms with E-state index in [2.05, 4.69) is 21.2 Å². The Morgan fingerprint density at radius 2 is 2.22 bits per heavy atom. The summed E-state index contributed by atoms with van der Waals surface area (Å²) in [6, 6.07) is 8.24. The molecule has 3 nitrogen and oxygen atoms in total. The minimum Gasteiger partial charge on any atom is -0.341 e. The maximum absolute atomic E-state index is 12.1. The zero-order chi connectivity index (χ0) is 12.3. The summed E-state index contributed by atoms with van der Waals surface area (Å²) < 4.78 is 1.01. The average molecular weight is 334 g/mol. The fourth-order valence-electron chi connectivity index (χ4n) is 2.10. The third-order valence-corrected chi connectivity index (χ3v) is 4.05. The molecule has 1 aromatic carbocycles. The fraction of sp³-hybridized carbons (Fsp3) is 0.462. The lowest BCUT2D eigenvalue weighted by molar-refractivity contribution is -0.130. The van der Waals surface area contributed by atoms with Gasteiger partial charge in [0.05, 0.1) is 6.42 Å². The molecule has 100 valence electrons. The van der Waals surface area contributed by atoms with Gasteiger partial charge in [-0.2, -0.15) is 0 Å². The molecule has 1 aliphatic rings. The molecule has 18 heavy (non-hydrogen) atoms. The summed E-state index contributed by atoms with van der Waals surface area (Å²) in [5.74, 6) is 0.186. The fourth-order valence-corrected chi connectivity index (χ4v) is 2.53. The van der Waals surface area contributed by atoms with Crippen LogP contribution in [0.15, 0.2) is 28.7 Å². The number of hydrogen-bond donors (Lipinski definition) is 1. The van der Waals surface area contributed by atoms with Gasteiger partial charge in [0.15, 0.2) is 0 Å². The van der Waals surface area contributed by atoms with Gasteiger partial charge in [0, 0.05) is 24.1 Å². The lowest BCUT2D eigenvalue weighted by Crippen LogP contribution is -2.39. The Bertz CT molecular complexity index is 408. The first kappa shape index (κ1) is 15.5. The van der Waals surface area contributed by atoms with Crippen LogP contribution in [-0.4, -0.2) is 37.0 Å². The van der Waals surface area contributed by atoms with E-state index < -0.39 is 0 Å². The minimum absolute atomic E-state index is 0. The molecular weight excluding hydrogens is 316 g/mol. The zero-order valence-corrected chi connectivity index (χ0v) is 12.8. The quantitative estimate of drug-likeness (QED) is 0.920. The van der Waals surface area contributed by atoms with Crippen molar-refractivity contribution in [3.63, 3.8) is 0 Å². The monoisotopic (exact) mass is 332 g/mol. The number of benzene rings is 1. The van der Waals surface area contributed by atoms with Gasteiger partial charge in [0.25, 0.3) is 0 Å². The number of likely N-dealkylation sites (N-methyl/N-ethyl adjacent to an activating group) is 1. The Morgan fingerprint density at radius 1 is 1.50 bits per heavy atom. The molecule has 2 rings (SSSR count). The highest BCUT2D eigenvalue weighted by atomic mass is 79.9. The molecule has 1 amide bonds. The molecule has 0 aliphatic carbocycles. The summed E-state index contributed by atoms with van der Waals surface area (Å²) in [6.45, 7) is 1.93. The first-order chi connectivity index (χ1) is 8.18. The Kier molecular flexibility index (Phi) is 6.12. The first-order valence-electron chi connectivity index (χ1n) is 5.88. The molecule has 1 aromatic rings. The predicted octanol–water partition coefficient (Wildman–Crippen LogP) is 2.23. The van der Waals surface area contributed by atoms with Crippen molar-refractivity contribution < 1.29 is 4.79 Å². The maximum atomic E-state index is 12.1. The van der Waals surface area contributed by atoms with Crippen molar-refractivity contribution in [2.75, 3.05) is 20.1 Å². The molecular formula is C13H18BrClN2O. The molecule has 1 aliphatic heterocycles. The van der Waals surface area contributed by atoms with Crippen LogP contribution in [0.3, 0.4) is 0 Å². The normalized spacial score (nSPS) is 18.2. The van der Waals surface area contributed by atoms with Gasteiger partial charge < -0.3 is 10.2 Å². The van der Waals surface area contributed by atoms with E-state index in [1.54, 1.807) is 0 Å². The maximum Gasteiger partial charge on any atom is 0.227 e. The summed E-state index contributed by atoms with van der Waals surface area (Å²) >= 11 is 3.47. The first-order valence-corrected chi connectivity index (χ1v) is 6.67. The van der Waals surface area contributed by atoms with Gasteiger partial charge in [-0.3, -0.25) is 4.79 Å². The molecule has 0 saturated carbocycles. The molecule has 1 heterocycles. The van der Waals surface area contributed by atoms with Crippen molar-refractivity contribution in [3.05, 3.63) is 34.3 Å². The van der Waals surface area contributed by atoms with Gasteiger partial charge in [-0.1, -0.05) is 34.1 Å². The van der Waals surface area contributed by atoms with Crippen molar-refractivity contribution >= 4 is 34.2 Å². The van der Waals surface area contributed by atoms with Crippen LogP contribution in [0.2, 0.25) is 0 Å². The zero-order valence-electron chi connectivity index (χ0n) is 10.4. The van der Waals surface area contributed by atoms with E-state index in [0.717, 1.165) is 29.5 Å². The van der Waals surface area contributed by atoms with E-state index in [9.17, 15) is 4.79 Å². The van der Waals surface area contributed by atoms with E-state index in [1.165, 1.54) is 0 Å². The molecule has 1 N–H and O–H groups in total. The third-order valence-electron chi connectivity index (χ3n) is 3.27. The molecule has 0 bridgehead atoms. The summed E-state index contributed by atoms with van der Waals surface area (Å²) in [4.78, 5) is 14.0. The van der Waals surface area contributed by atoms with E-state index in [1.807, 2.05) is 36.2 Å². The van der Waals surface area contributed by atoms with Crippen molar-refractivity contribution in [2.24, 2.45) is 0 Å². The topological polar surface area (TPSA) is 32.3 Å². The number of nitrogens with zero attached hydrogens (tertiary/aromatic N) is 1. The van der Waals surface area contributed by atoms with Gasteiger partial charge in [0.2, 0.25) is 5.91 Å². The van der Waals surface area contributed by atoms with Gasteiger partial charge in [-0.05, 0) is 24.6 Å². The summed E-state index contributed by atoms with van der Waals surface area (Å²) in [5.41, 5.74) is 1.05. The van der Waals surface area contributed by atoms with Crippen LogP contribution >= 0.6 is 28.3 Å². The summed E-state index contributed by atoms with van der Waals surface area (Å²) in [5, 5.41) is 3.28. The van der Waals surface area contributed by atoms with E-state index in [4.69, 9.17) is 0 Å². The molecule has 0 aromatic heterocycles. The number of hydrogen-bond acceptors (Lipinski definition) is 2. The highest BCUT2D eigenvalue weighted by Gasteiger charge is 2.23. The van der Waals surface area contributed by atoms with Gasteiger partial charge >= 0.3 is 0 Å². The molecule has 1 fully saturated rings. The number of carbonyl (C=O) groups excluding carboxylic acids is 1.